The molecule has 0 aromatic carbocycles. The molecule has 0 bridgehead atoms. The predicted octanol–water partition coefficient (Wildman–Crippen LogP) is 1.87. The molecule has 0 amide bonds. The van der Waals surface area contributed by atoms with Crippen molar-refractivity contribution >= 4 is 11.9 Å². The topological polar surface area (TPSA) is 37.8 Å². The number of hydrogen-bond acceptors (Lipinski definition) is 4. The van der Waals surface area contributed by atoms with Crippen molar-refractivity contribution in [3.8, 4) is 0 Å². The SMILES string of the molecule is CC(C)(C)NSc1ccncn1. The Morgan fingerprint density at radius 3 is 2.67 bits per heavy atom. The highest BCUT2D eigenvalue weighted by atomic mass is 32.2. The van der Waals surface area contributed by atoms with E-state index < -0.39 is 0 Å². The molecule has 0 saturated heterocycles. The van der Waals surface area contributed by atoms with Crippen LogP contribution < -0.4 is 4.72 Å². The molecule has 0 spiro atoms. The molecule has 3 nitrogen and oxygen atoms in total. The Hall–Kier alpha value is -0.610. The van der Waals surface area contributed by atoms with E-state index in [0.29, 0.717) is 0 Å². The van der Waals surface area contributed by atoms with Gasteiger partial charge in [0.15, 0.2) is 0 Å². The fraction of sp³-hybridized carbons (Fsp3) is 0.500. The van der Waals surface area contributed by atoms with Crippen LogP contribution >= 0.6 is 11.9 Å². The zero-order chi connectivity index (χ0) is 9.03. The van der Waals surface area contributed by atoms with Crippen LogP contribution in [-0.2, 0) is 0 Å². The van der Waals surface area contributed by atoms with Gasteiger partial charge in [0.25, 0.3) is 0 Å². The highest BCUT2D eigenvalue weighted by molar-refractivity contribution is 7.97. The zero-order valence-electron chi connectivity index (χ0n) is 7.53. The van der Waals surface area contributed by atoms with Crippen LogP contribution in [0.3, 0.4) is 0 Å². The van der Waals surface area contributed by atoms with E-state index in [2.05, 4.69) is 35.5 Å². The van der Waals surface area contributed by atoms with Crippen LogP contribution in [0.25, 0.3) is 0 Å². The summed E-state index contributed by atoms with van der Waals surface area (Å²) in [6, 6.07) is 1.88. The van der Waals surface area contributed by atoms with Crippen molar-refractivity contribution in [2.45, 2.75) is 31.3 Å². The standard InChI is InChI=1S/C8H13N3S/c1-8(2,3)11-12-7-4-5-9-6-10-7/h4-6,11H,1-3H3. The van der Waals surface area contributed by atoms with Crippen molar-refractivity contribution in [2.75, 3.05) is 0 Å². The molecule has 1 aromatic heterocycles. The highest BCUT2D eigenvalue weighted by Crippen LogP contribution is 2.13. The summed E-state index contributed by atoms with van der Waals surface area (Å²) < 4.78 is 3.26. The molecular formula is C8H13N3S. The molecule has 0 aliphatic heterocycles. The predicted molar refractivity (Wildman–Crippen MR) is 50.8 cm³/mol. The Morgan fingerprint density at radius 2 is 2.17 bits per heavy atom. The molecule has 66 valence electrons. The lowest BCUT2D eigenvalue weighted by molar-refractivity contribution is 0.535. The fourth-order valence-corrected chi connectivity index (χ4v) is 1.18. The van der Waals surface area contributed by atoms with E-state index in [1.807, 2.05) is 6.07 Å². The molecule has 12 heavy (non-hydrogen) atoms. The van der Waals surface area contributed by atoms with Crippen molar-refractivity contribution in [3.05, 3.63) is 18.6 Å². The third kappa shape index (κ3) is 3.69. The molecule has 1 aromatic rings. The van der Waals surface area contributed by atoms with Gasteiger partial charge in [-0.3, -0.25) is 4.72 Å². The third-order valence-corrected chi connectivity index (χ3v) is 2.18. The van der Waals surface area contributed by atoms with Crippen LogP contribution in [0.1, 0.15) is 20.8 Å². The molecule has 0 atom stereocenters. The van der Waals surface area contributed by atoms with Gasteiger partial charge in [-0.25, -0.2) is 9.97 Å². The maximum atomic E-state index is 4.07. The van der Waals surface area contributed by atoms with Crippen LogP contribution in [0.4, 0.5) is 0 Å². The molecule has 0 radical (unpaired) electrons. The summed E-state index contributed by atoms with van der Waals surface area (Å²) in [6.45, 7) is 6.34. The van der Waals surface area contributed by atoms with Gasteiger partial charge in [0, 0.05) is 11.7 Å². The lowest BCUT2D eigenvalue weighted by atomic mass is 10.1. The summed E-state index contributed by atoms with van der Waals surface area (Å²) in [4.78, 5) is 7.91. The van der Waals surface area contributed by atoms with Gasteiger partial charge in [-0.1, -0.05) is 0 Å². The Morgan fingerprint density at radius 1 is 1.42 bits per heavy atom. The first-order valence-corrected chi connectivity index (χ1v) is 4.59. The summed E-state index contributed by atoms with van der Waals surface area (Å²) in [5, 5.41) is 0.944. The average Bonchev–Trinajstić information content (AvgIpc) is 2.02. The Labute approximate surface area is 77.1 Å². The zero-order valence-corrected chi connectivity index (χ0v) is 8.35. The maximum absolute atomic E-state index is 4.07. The lowest BCUT2D eigenvalue weighted by Crippen LogP contribution is -2.29. The quantitative estimate of drug-likeness (QED) is 0.561. The highest BCUT2D eigenvalue weighted by Gasteiger charge is 2.08. The first-order valence-electron chi connectivity index (χ1n) is 3.78. The van der Waals surface area contributed by atoms with Crippen LogP contribution in [0.15, 0.2) is 23.6 Å². The average molecular weight is 183 g/mol. The number of nitrogens with zero attached hydrogens (tertiary/aromatic N) is 2. The van der Waals surface area contributed by atoms with Crippen molar-refractivity contribution in [3.63, 3.8) is 0 Å². The smallest absolute Gasteiger partial charge is 0.116 e. The Balaban J connectivity index is 2.44. The normalized spacial score (nSPS) is 11.6. The van der Waals surface area contributed by atoms with Gasteiger partial charge in [0.1, 0.15) is 11.4 Å². The van der Waals surface area contributed by atoms with Gasteiger partial charge in [0.05, 0.1) is 0 Å². The molecule has 0 aliphatic rings. The molecular weight excluding hydrogens is 170 g/mol. The Bertz CT molecular complexity index is 230. The summed E-state index contributed by atoms with van der Waals surface area (Å²) in [5.41, 5.74) is 0.107. The summed E-state index contributed by atoms with van der Waals surface area (Å²) in [7, 11) is 0. The molecule has 0 saturated carbocycles. The second-order valence-corrected chi connectivity index (χ2v) is 4.33. The molecule has 1 heterocycles. The first-order chi connectivity index (χ1) is 5.58. The summed E-state index contributed by atoms with van der Waals surface area (Å²) in [6.07, 6.45) is 3.28. The summed E-state index contributed by atoms with van der Waals surface area (Å²) in [5.74, 6) is 0. The van der Waals surface area contributed by atoms with Crippen molar-refractivity contribution in [1.82, 2.24) is 14.7 Å². The number of nitrogens with one attached hydrogen (secondary N) is 1. The van der Waals surface area contributed by atoms with E-state index in [1.54, 1.807) is 12.5 Å². The van der Waals surface area contributed by atoms with Crippen LogP contribution in [-0.4, -0.2) is 15.5 Å². The molecule has 1 rings (SSSR count). The monoisotopic (exact) mass is 183 g/mol. The molecule has 4 heteroatoms. The molecule has 1 N–H and O–H groups in total. The third-order valence-electron chi connectivity index (χ3n) is 1.02. The second-order valence-electron chi connectivity index (χ2n) is 3.50. The lowest BCUT2D eigenvalue weighted by Gasteiger charge is -2.18. The largest absolute Gasteiger partial charge is 0.253 e. The fourth-order valence-electron chi connectivity index (χ4n) is 0.544. The van der Waals surface area contributed by atoms with Crippen LogP contribution in [0.5, 0.6) is 0 Å². The number of rotatable bonds is 2. The Kier molecular flexibility index (Phi) is 3.05. The van der Waals surface area contributed by atoms with Gasteiger partial charge in [-0.15, -0.1) is 0 Å². The molecule has 0 fully saturated rings. The number of hydrogen-bond donors (Lipinski definition) is 1. The van der Waals surface area contributed by atoms with Gasteiger partial charge in [0.2, 0.25) is 0 Å². The van der Waals surface area contributed by atoms with E-state index >= 15 is 0 Å². The van der Waals surface area contributed by atoms with Gasteiger partial charge in [-0.2, -0.15) is 0 Å². The van der Waals surface area contributed by atoms with E-state index in [4.69, 9.17) is 0 Å². The maximum Gasteiger partial charge on any atom is 0.116 e. The van der Waals surface area contributed by atoms with Crippen LogP contribution in [0, 0.1) is 0 Å². The summed E-state index contributed by atoms with van der Waals surface area (Å²) >= 11 is 1.53. The van der Waals surface area contributed by atoms with Crippen molar-refractivity contribution < 1.29 is 0 Å². The van der Waals surface area contributed by atoms with Crippen LogP contribution in [0.2, 0.25) is 0 Å². The van der Waals surface area contributed by atoms with E-state index in [1.165, 1.54) is 11.9 Å². The second kappa shape index (κ2) is 3.87. The van der Waals surface area contributed by atoms with Gasteiger partial charge >= 0.3 is 0 Å². The van der Waals surface area contributed by atoms with E-state index in [0.717, 1.165) is 5.03 Å². The van der Waals surface area contributed by atoms with E-state index in [-0.39, 0.29) is 5.54 Å². The minimum atomic E-state index is 0.107. The molecule has 0 aliphatic carbocycles. The number of aromatic nitrogens is 2. The van der Waals surface area contributed by atoms with E-state index in [9.17, 15) is 0 Å². The van der Waals surface area contributed by atoms with Gasteiger partial charge < -0.3 is 0 Å². The van der Waals surface area contributed by atoms with Gasteiger partial charge in [-0.05, 0) is 38.8 Å². The minimum Gasteiger partial charge on any atom is -0.253 e. The first kappa shape index (κ1) is 9.48. The van der Waals surface area contributed by atoms with Crippen molar-refractivity contribution in [2.24, 2.45) is 0 Å². The van der Waals surface area contributed by atoms with Crippen molar-refractivity contribution in [1.29, 1.82) is 0 Å². The minimum absolute atomic E-state index is 0.107. The molecule has 0 unspecified atom stereocenters.